The molecule has 8 heteroatoms. The van der Waals surface area contributed by atoms with Crippen molar-refractivity contribution in [3.63, 3.8) is 0 Å². The van der Waals surface area contributed by atoms with Crippen LogP contribution in [-0.2, 0) is 10.0 Å². The molecule has 0 aromatic heterocycles. The van der Waals surface area contributed by atoms with E-state index in [0.717, 1.165) is 17.3 Å². The molecule has 0 bridgehead atoms. The molecule has 1 unspecified atom stereocenters. The predicted molar refractivity (Wildman–Crippen MR) is 85.1 cm³/mol. The van der Waals surface area contributed by atoms with Crippen molar-refractivity contribution in [2.24, 2.45) is 5.73 Å². The molecule has 4 nitrogen and oxygen atoms in total. The Labute approximate surface area is 136 Å². The van der Waals surface area contributed by atoms with Gasteiger partial charge in [-0.2, -0.15) is 4.31 Å². The van der Waals surface area contributed by atoms with Gasteiger partial charge in [-0.25, -0.2) is 8.42 Å². The Morgan fingerprint density at radius 2 is 2.05 bits per heavy atom. The number of sulfonamides is 1. The third-order valence-electron chi connectivity index (χ3n) is 3.08. The van der Waals surface area contributed by atoms with Crippen LogP contribution in [0.3, 0.4) is 0 Å². The minimum absolute atomic E-state index is 0. The van der Waals surface area contributed by atoms with Crippen LogP contribution in [0.2, 0.25) is 0 Å². The second kappa shape index (κ2) is 6.87. The molecule has 0 aliphatic carbocycles. The normalized spacial score (nSPS) is 20.3. The summed E-state index contributed by atoms with van der Waals surface area (Å²) in [7, 11) is -3.46. The lowest BCUT2D eigenvalue weighted by Gasteiger charge is -2.23. The van der Waals surface area contributed by atoms with Crippen molar-refractivity contribution in [1.82, 2.24) is 4.31 Å². The van der Waals surface area contributed by atoms with Crippen molar-refractivity contribution in [2.45, 2.75) is 23.8 Å². The maximum Gasteiger partial charge on any atom is 0.244 e. The summed E-state index contributed by atoms with van der Waals surface area (Å²) in [5.74, 6) is 0. The van der Waals surface area contributed by atoms with Crippen LogP contribution < -0.4 is 5.73 Å². The van der Waals surface area contributed by atoms with E-state index in [0.29, 0.717) is 22.5 Å². The fourth-order valence-electron chi connectivity index (χ4n) is 2.17. The second-order valence-corrected chi connectivity index (χ2v) is 7.85. The summed E-state index contributed by atoms with van der Waals surface area (Å²) < 4.78 is 28.0. The molecule has 1 aliphatic heterocycles. The second-order valence-electron chi connectivity index (χ2n) is 4.22. The van der Waals surface area contributed by atoms with E-state index >= 15 is 0 Å². The van der Waals surface area contributed by atoms with Crippen molar-refractivity contribution in [2.75, 3.05) is 13.1 Å². The highest BCUT2D eigenvalue weighted by molar-refractivity contribution is 9.11. The van der Waals surface area contributed by atoms with Gasteiger partial charge in [0.25, 0.3) is 0 Å². The Morgan fingerprint density at radius 3 is 2.63 bits per heavy atom. The maximum atomic E-state index is 12.6. The van der Waals surface area contributed by atoms with Crippen LogP contribution in [0, 0.1) is 0 Å². The Morgan fingerprint density at radius 1 is 1.37 bits per heavy atom. The summed E-state index contributed by atoms with van der Waals surface area (Å²) in [6.45, 7) is 0.917. The van der Waals surface area contributed by atoms with E-state index in [1.165, 1.54) is 4.31 Å². The average Bonchev–Trinajstić information content (AvgIpc) is 2.76. The molecule has 19 heavy (non-hydrogen) atoms. The third kappa shape index (κ3) is 3.51. The molecule has 1 atom stereocenters. The molecule has 1 aromatic carbocycles. The van der Waals surface area contributed by atoms with E-state index < -0.39 is 10.0 Å². The fourth-order valence-corrected chi connectivity index (χ4v) is 5.58. The number of benzene rings is 1. The van der Waals surface area contributed by atoms with Crippen LogP contribution in [0.1, 0.15) is 12.8 Å². The van der Waals surface area contributed by atoms with Gasteiger partial charge < -0.3 is 5.73 Å². The molecule has 1 heterocycles. The van der Waals surface area contributed by atoms with Crippen molar-refractivity contribution < 1.29 is 8.42 Å². The van der Waals surface area contributed by atoms with E-state index in [-0.39, 0.29) is 18.4 Å². The number of hydrogen-bond acceptors (Lipinski definition) is 3. The number of hydrogen-bond donors (Lipinski definition) is 1. The number of nitrogens with two attached hydrogens (primary N) is 1. The highest BCUT2D eigenvalue weighted by Gasteiger charge is 2.35. The molecule has 2 N–H and O–H groups in total. The highest BCUT2D eigenvalue weighted by atomic mass is 79.9. The number of nitrogens with zero attached hydrogens (tertiary/aromatic N) is 1. The zero-order chi connectivity index (χ0) is 13.3. The van der Waals surface area contributed by atoms with Crippen LogP contribution in [0.4, 0.5) is 0 Å². The molecule has 1 saturated heterocycles. The van der Waals surface area contributed by atoms with E-state index in [2.05, 4.69) is 31.9 Å². The maximum absolute atomic E-state index is 12.6. The number of halogens is 3. The first-order valence-corrected chi connectivity index (χ1v) is 8.66. The third-order valence-corrected chi connectivity index (χ3v) is 6.50. The minimum atomic E-state index is -3.46. The van der Waals surface area contributed by atoms with Crippen LogP contribution in [-0.4, -0.2) is 31.9 Å². The SMILES string of the molecule is Cl.NCC1CCCN1S(=O)(=O)c1ccc(Br)cc1Br. The molecule has 2 rings (SSSR count). The van der Waals surface area contributed by atoms with Crippen molar-refractivity contribution in [3.8, 4) is 0 Å². The predicted octanol–water partition coefficient (Wildman–Crippen LogP) is 2.75. The van der Waals surface area contributed by atoms with Crippen LogP contribution >= 0.6 is 44.3 Å². The van der Waals surface area contributed by atoms with E-state index in [4.69, 9.17) is 5.73 Å². The molecule has 0 saturated carbocycles. The molecule has 0 spiro atoms. The lowest BCUT2D eigenvalue weighted by molar-refractivity contribution is 0.393. The van der Waals surface area contributed by atoms with Gasteiger partial charge in [0.15, 0.2) is 0 Å². The first-order chi connectivity index (χ1) is 8.46. The molecular formula is C11H15Br2ClN2O2S. The first kappa shape index (κ1) is 17.4. The van der Waals surface area contributed by atoms with Crippen LogP contribution in [0.25, 0.3) is 0 Å². The van der Waals surface area contributed by atoms with E-state index in [9.17, 15) is 8.42 Å². The zero-order valence-electron chi connectivity index (χ0n) is 10.1. The van der Waals surface area contributed by atoms with Gasteiger partial charge in [0.05, 0.1) is 4.90 Å². The van der Waals surface area contributed by atoms with Crippen molar-refractivity contribution in [1.29, 1.82) is 0 Å². The van der Waals surface area contributed by atoms with Gasteiger partial charge in [0, 0.05) is 28.1 Å². The Balaban J connectivity index is 0.00000180. The Kier molecular flexibility index (Phi) is 6.28. The van der Waals surface area contributed by atoms with E-state index in [1.807, 2.05) is 0 Å². The molecule has 108 valence electrons. The van der Waals surface area contributed by atoms with Gasteiger partial charge in [-0.15, -0.1) is 12.4 Å². The topological polar surface area (TPSA) is 63.4 Å². The van der Waals surface area contributed by atoms with Gasteiger partial charge in [0.1, 0.15) is 0 Å². The molecule has 0 amide bonds. The summed E-state index contributed by atoms with van der Waals surface area (Å²) in [6, 6.07) is 4.99. The van der Waals surface area contributed by atoms with Gasteiger partial charge >= 0.3 is 0 Å². The largest absolute Gasteiger partial charge is 0.329 e. The summed E-state index contributed by atoms with van der Waals surface area (Å²) in [6.07, 6.45) is 1.71. The molecule has 1 fully saturated rings. The van der Waals surface area contributed by atoms with Gasteiger partial charge in [0.2, 0.25) is 10.0 Å². The van der Waals surface area contributed by atoms with Gasteiger partial charge in [-0.05, 0) is 47.0 Å². The molecule has 0 radical (unpaired) electrons. The average molecular weight is 435 g/mol. The standard InChI is InChI=1S/C11H14Br2N2O2S.ClH/c12-8-3-4-11(10(13)6-8)18(16,17)15-5-1-2-9(15)7-14;/h3-4,6,9H,1-2,5,7,14H2;1H. The van der Waals surface area contributed by atoms with Crippen LogP contribution in [0.15, 0.2) is 32.0 Å². The molecule has 1 aliphatic rings. The summed E-state index contributed by atoms with van der Waals surface area (Å²) in [5.41, 5.74) is 5.64. The number of rotatable bonds is 3. The lowest BCUT2D eigenvalue weighted by atomic mass is 10.2. The minimum Gasteiger partial charge on any atom is -0.329 e. The van der Waals surface area contributed by atoms with Crippen molar-refractivity contribution in [3.05, 3.63) is 27.1 Å². The summed E-state index contributed by atoms with van der Waals surface area (Å²) in [5, 5.41) is 0. The Hall–Kier alpha value is 0.340. The summed E-state index contributed by atoms with van der Waals surface area (Å²) >= 11 is 6.62. The quantitative estimate of drug-likeness (QED) is 0.796. The first-order valence-electron chi connectivity index (χ1n) is 5.64. The fraction of sp³-hybridized carbons (Fsp3) is 0.455. The highest BCUT2D eigenvalue weighted by Crippen LogP contribution is 2.31. The zero-order valence-corrected chi connectivity index (χ0v) is 14.9. The van der Waals surface area contributed by atoms with Gasteiger partial charge in [-0.3, -0.25) is 0 Å². The van der Waals surface area contributed by atoms with Gasteiger partial charge in [-0.1, -0.05) is 15.9 Å². The monoisotopic (exact) mass is 432 g/mol. The molecular weight excluding hydrogens is 419 g/mol. The Bertz CT molecular complexity index is 554. The van der Waals surface area contributed by atoms with Crippen LogP contribution in [0.5, 0.6) is 0 Å². The smallest absolute Gasteiger partial charge is 0.244 e. The summed E-state index contributed by atoms with van der Waals surface area (Å²) in [4.78, 5) is 0.297. The lowest BCUT2D eigenvalue weighted by Crippen LogP contribution is -2.39. The van der Waals surface area contributed by atoms with E-state index in [1.54, 1.807) is 18.2 Å². The molecule has 1 aromatic rings. The van der Waals surface area contributed by atoms with Crippen molar-refractivity contribution >= 4 is 54.3 Å².